The van der Waals surface area contributed by atoms with E-state index in [9.17, 15) is 14.4 Å². The molecule has 2 fully saturated rings. The summed E-state index contributed by atoms with van der Waals surface area (Å²) >= 11 is 0. The van der Waals surface area contributed by atoms with E-state index in [-0.39, 0.29) is 30.4 Å². The van der Waals surface area contributed by atoms with Crippen molar-refractivity contribution in [1.29, 1.82) is 0 Å². The zero-order chi connectivity index (χ0) is 21.3. The van der Waals surface area contributed by atoms with Crippen LogP contribution in [-0.4, -0.2) is 58.9 Å². The molecule has 2 aromatic rings. The molecule has 2 aromatic carbocycles. The third kappa shape index (κ3) is 3.75. The molecule has 30 heavy (non-hydrogen) atoms. The number of hydrogen-bond donors (Lipinski definition) is 0. The number of Topliss-reactive ketones (excluding diaryl/α,β-unsaturated/α-hetero) is 1. The fraction of sp³-hybridized carbons (Fsp3) is 0.348. The predicted molar refractivity (Wildman–Crippen MR) is 110 cm³/mol. The first-order chi connectivity index (χ1) is 14.5. The standard InChI is InChI=1S/C23H24N2O5/c1-15(2)29-19-10-6-7-11-20(19)30-23(28)24-13-12-17-21(24)18(26)14-25(17)22(27)16-8-4-3-5-9-16/h3-11,15,17,21H,12-14H2,1-2H3. The summed E-state index contributed by atoms with van der Waals surface area (Å²) in [6.45, 7) is 4.13. The van der Waals surface area contributed by atoms with Crippen LogP contribution in [0.3, 0.4) is 0 Å². The summed E-state index contributed by atoms with van der Waals surface area (Å²) in [7, 11) is 0. The summed E-state index contributed by atoms with van der Waals surface area (Å²) in [5.41, 5.74) is 0.534. The van der Waals surface area contributed by atoms with Gasteiger partial charge in [-0.2, -0.15) is 0 Å². The van der Waals surface area contributed by atoms with Crippen LogP contribution in [0.2, 0.25) is 0 Å². The molecule has 2 heterocycles. The molecule has 2 aliphatic heterocycles. The Hall–Kier alpha value is -3.35. The maximum atomic E-state index is 12.9. The molecule has 2 amide bonds. The van der Waals surface area contributed by atoms with Gasteiger partial charge in [0.25, 0.3) is 5.91 Å². The number of rotatable bonds is 4. The summed E-state index contributed by atoms with van der Waals surface area (Å²) < 4.78 is 11.3. The van der Waals surface area contributed by atoms with Gasteiger partial charge in [-0.05, 0) is 44.5 Å². The Morgan fingerprint density at radius 1 is 0.967 bits per heavy atom. The molecule has 0 bridgehead atoms. The number of likely N-dealkylation sites (tertiary alicyclic amines) is 2. The highest BCUT2D eigenvalue weighted by atomic mass is 16.6. The summed E-state index contributed by atoms with van der Waals surface area (Å²) in [4.78, 5) is 41.5. The monoisotopic (exact) mass is 408 g/mol. The Morgan fingerprint density at radius 3 is 2.33 bits per heavy atom. The molecule has 4 rings (SSSR count). The zero-order valence-electron chi connectivity index (χ0n) is 17.0. The molecule has 0 radical (unpaired) electrons. The van der Waals surface area contributed by atoms with E-state index in [4.69, 9.17) is 9.47 Å². The summed E-state index contributed by atoms with van der Waals surface area (Å²) in [5, 5.41) is 0. The summed E-state index contributed by atoms with van der Waals surface area (Å²) in [6, 6.07) is 14.8. The minimum absolute atomic E-state index is 0.000111. The van der Waals surface area contributed by atoms with Gasteiger partial charge in [0.1, 0.15) is 6.04 Å². The third-order valence-corrected chi connectivity index (χ3v) is 5.35. The fourth-order valence-corrected chi connectivity index (χ4v) is 4.08. The van der Waals surface area contributed by atoms with E-state index in [1.54, 1.807) is 53.4 Å². The van der Waals surface area contributed by atoms with Crippen molar-refractivity contribution in [3.05, 3.63) is 60.2 Å². The number of amides is 2. The van der Waals surface area contributed by atoms with Crippen molar-refractivity contribution in [2.24, 2.45) is 0 Å². The maximum absolute atomic E-state index is 12.9. The van der Waals surface area contributed by atoms with Crippen molar-refractivity contribution in [2.45, 2.75) is 38.5 Å². The van der Waals surface area contributed by atoms with E-state index in [0.29, 0.717) is 30.0 Å². The molecule has 7 heteroatoms. The van der Waals surface area contributed by atoms with Gasteiger partial charge in [-0.3, -0.25) is 14.5 Å². The van der Waals surface area contributed by atoms with Crippen LogP contribution >= 0.6 is 0 Å². The van der Waals surface area contributed by atoms with Gasteiger partial charge >= 0.3 is 6.09 Å². The maximum Gasteiger partial charge on any atom is 0.416 e. The van der Waals surface area contributed by atoms with Gasteiger partial charge < -0.3 is 14.4 Å². The van der Waals surface area contributed by atoms with E-state index in [0.717, 1.165) is 0 Å². The van der Waals surface area contributed by atoms with Crippen LogP contribution < -0.4 is 9.47 Å². The highest BCUT2D eigenvalue weighted by molar-refractivity contribution is 6.02. The van der Waals surface area contributed by atoms with Gasteiger partial charge in [-0.1, -0.05) is 30.3 Å². The highest BCUT2D eigenvalue weighted by Gasteiger charge is 2.52. The van der Waals surface area contributed by atoms with E-state index < -0.39 is 12.1 Å². The van der Waals surface area contributed by atoms with E-state index in [2.05, 4.69) is 0 Å². The highest BCUT2D eigenvalue weighted by Crippen LogP contribution is 2.33. The second kappa shape index (κ2) is 8.18. The lowest BCUT2D eigenvalue weighted by Crippen LogP contribution is -2.44. The first kappa shape index (κ1) is 19.9. The van der Waals surface area contributed by atoms with Gasteiger partial charge in [-0.15, -0.1) is 0 Å². The molecular weight excluding hydrogens is 384 g/mol. The lowest BCUT2D eigenvalue weighted by molar-refractivity contribution is -0.120. The van der Waals surface area contributed by atoms with Crippen molar-refractivity contribution in [3.63, 3.8) is 0 Å². The first-order valence-corrected chi connectivity index (χ1v) is 10.1. The van der Waals surface area contributed by atoms with Gasteiger partial charge in [0.05, 0.1) is 18.7 Å². The number of para-hydroxylation sites is 2. The van der Waals surface area contributed by atoms with Crippen LogP contribution in [0.25, 0.3) is 0 Å². The molecule has 0 aliphatic carbocycles. The largest absolute Gasteiger partial charge is 0.487 e. The SMILES string of the molecule is CC(C)Oc1ccccc1OC(=O)N1CCC2C1C(=O)CN2C(=O)c1ccccc1. The topological polar surface area (TPSA) is 76.2 Å². The van der Waals surface area contributed by atoms with Gasteiger partial charge in [0.15, 0.2) is 17.3 Å². The van der Waals surface area contributed by atoms with Crippen molar-refractivity contribution < 1.29 is 23.9 Å². The Bertz CT molecular complexity index is 959. The number of carbonyl (C=O) groups excluding carboxylic acids is 3. The van der Waals surface area contributed by atoms with Crippen molar-refractivity contribution in [3.8, 4) is 11.5 Å². The molecule has 7 nitrogen and oxygen atoms in total. The minimum atomic E-state index is -0.677. The number of ether oxygens (including phenoxy) is 2. The van der Waals surface area contributed by atoms with Crippen LogP contribution in [0, 0.1) is 0 Å². The zero-order valence-corrected chi connectivity index (χ0v) is 17.0. The predicted octanol–water partition coefficient (Wildman–Crippen LogP) is 3.14. The lowest BCUT2D eigenvalue weighted by Gasteiger charge is -2.24. The number of ketones is 1. The lowest BCUT2D eigenvalue weighted by atomic mass is 10.1. The van der Waals surface area contributed by atoms with Crippen LogP contribution in [0.1, 0.15) is 30.6 Å². The van der Waals surface area contributed by atoms with Crippen LogP contribution in [0.15, 0.2) is 54.6 Å². The molecule has 2 aliphatic rings. The van der Waals surface area contributed by atoms with E-state index in [1.165, 1.54) is 4.90 Å². The van der Waals surface area contributed by atoms with Crippen molar-refractivity contribution >= 4 is 17.8 Å². The fourth-order valence-electron chi connectivity index (χ4n) is 4.08. The van der Waals surface area contributed by atoms with E-state index >= 15 is 0 Å². The second-order valence-electron chi connectivity index (χ2n) is 7.74. The van der Waals surface area contributed by atoms with E-state index in [1.807, 2.05) is 19.9 Å². The quantitative estimate of drug-likeness (QED) is 0.777. The number of carbonyl (C=O) groups is 3. The van der Waals surface area contributed by atoms with Gasteiger partial charge in [0, 0.05) is 12.1 Å². The molecule has 2 saturated heterocycles. The molecule has 0 aromatic heterocycles. The number of benzene rings is 2. The van der Waals surface area contributed by atoms with Gasteiger partial charge in [-0.25, -0.2) is 4.79 Å². The van der Waals surface area contributed by atoms with Crippen molar-refractivity contribution in [2.75, 3.05) is 13.1 Å². The molecular formula is C23H24N2O5. The normalized spacial score (nSPS) is 20.4. The molecule has 0 N–H and O–H groups in total. The van der Waals surface area contributed by atoms with Gasteiger partial charge in [0.2, 0.25) is 0 Å². The second-order valence-corrected chi connectivity index (χ2v) is 7.74. The average molecular weight is 408 g/mol. The molecule has 2 atom stereocenters. The summed E-state index contributed by atoms with van der Waals surface area (Å²) in [5.74, 6) is 0.435. The molecule has 0 saturated carbocycles. The Kier molecular flexibility index (Phi) is 5.44. The van der Waals surface area contributed by atoms with Crippen molar-refractivity contribution in [1.82, 2.24) is 9.80 Å². The Morgan fingerprint density at radius 2 is 1.63 bits per heavy atom. The first-order valence-electron chi connectivity index (χ1n) is 10.1. The number of fused-ring (bicyclic) bond motifs is 1. The number of nitrogens with zero attached hydrogens (tertiary/aromatic N) is 2. The average Bonchev–Trinajstić information content (AvgIpc) is 3.31. The van der Waals surface area contributed by atoms with Crippen LogP contribution in [0.5, 0.6) is 11.5 Å². The smallest absolute Gasteiger partial charge is 0.416 e. The minimum Gasteiger partial charge on any atom is -0.487 e. The van der Waals surface area contributed by atoms with Crippen LogP contribution in [-0.2, 0) is 4.79 Å². The number of hydrogen-bond acceptors (Lipinski definition) is 5. The Labute approximate surface area is 175 Å². The Balaban J connectivity index is 1.49. The molecule has 156 valence electrons. The molecule has 2 unspecified atom stereocenters. The third-order valence-electron chi connectivity index (χ3n) is 5.35. The molecule has 0 spiro atoms. The van der Waals surface area contributed by atoms with Crippen LogP contribution in [0.4, 0.5) is 4.79 Å². The summed E-state index contributed by atoms with van der Waals surface area (Å²) in [6.07, 6.45) is -0.145.